The Bertz CT molecular complexity index is 490. The maximum atomic E-state index is 10.7. The summed E-state index contributed by atoms with van der Waals surface area (Å²) >= 11 is 0. The summed E-state index contributed by atoms with van der Waals surface area (Å²) in [4.78, 5) is 14.9. The normalized spacial score (nSPS) is 19.2. The summed E-state index contributed by atoms with van der Waals surface area (Å²) in [6.45, 7) is 6.46. The average molecular weight is 320 g/mol. The SMILES string of the molecule is CCc1ccc(CCN2CCOC(CN(C)CC(=O)O)C2)cc1. The van der Waals surface area contributed by atoms with Gasteiger partial charge < -0.3 is 9.84 Å². The Morgan fingerprint density at radius 3 is 2.70 bits per heavy atom. The van der Waals surface area contributed by atoms with Crippen molar-refractivity contribution in [3.8, 4) is 0 Å². The van der Waals surface area contributed by atoms with Crippen LogP contribution < -0.4 is 0 Å². The van der Waals surface area contributed by atoms with Crippen molar-refractivity contribution in [1.82, 2.24) is 9.80 Å². The molecule has 2 rings (SSSR count). The maximum Gasteiger partial charge on any atom is 0.317 e. The standard InChI is InChI=1S/C18H28N2O3/c1-3-15-4-6-16(7-5-15)8-9-20-10-11-23-17(13-20)12-19(2)14-18(21)22/h4-7,17H,3,8-14H2,1-2H3,(H,21,22). The van der Waals surface area contributed by atoms with Crippen molar-refractivity contribution in [2.75, 3.05) is 46.4 Å². The molecule has 1 aliphatic heterocycles. The molecule has 0 aromatic heterocycles. The van der Waals surface area contributed by atoms with Gasteiger partial charge in [-0.25, -0.2) is 0 Å². The van der Waals surface area contributed by atoms with E-state index in [0.717, 1.165) is 39.1 Å². The zero-order chi connectivity index (χ0) is 16.7. The lowest BCUT2D eigenvalue weighted by molar-refractivity contribution is -0.138. The third-order valence-electron chi connectivity index (χ3n) is 4.29. The largest absolute Gasteiger partial charge is 0.480 e. The Morgan fingerprint density at radius 1 is 1.35 bits per heavy atom. The number of nitrogens with zero attached hydrogens (tertiary/aromatic N) is 2. The number of aryl methyl sites for hydroxylation is 1. The zero-order valence-electron chi connectivity index (χ0n) is 14.2. The number of carboxylic acids is 1. The minimum atomic E-state index is -0.796. The molecule has 0 saturated carbocycles. The molecule has 128 valence electrons. The van der Waals surface area contributed by atoms with Crippen LogP contribution in [0.1, 0.15) is 18.1 Å². The molecule has 0 aliphatic carbocycles. The molecular formula is C18H28N2O3. The third-order valence-corrected chi connectivity index (χ3v) is 4.29. The molecule has 0 radical (unpaired) electrons. The Morgan fingerprint density at radius 2 is 2.04 bits per heavy atom. The molecule has 1 unspecified atom stereocenters. The van der Waals surface area contributed by atoms with Gasteiger partial charge in [0.1, 0.15) is 0 Å². The van der Waals surface area contributed by atoms with Crippen molar-refractivity contribution in [2.24, 2.45) is 0 Å². The van der Waals surface area contributed by atoms with Crippen molar-refractivity contribution in [3.05, 3.63) is 35.4 Å². The Kier molecular flexibility index (Phi) is 7.02. The first-order valence-corrected chi connectivity index (χ1v) is 8.39. The van der Waals surface area contributed by atoms with Crippen LogP contribution in [0.25, 0.3) is 0 Å². The van der Waals surface area contributed by atoms with E-state index in [1.54, 1.807) is 4.90 Å². The van der Waals surface area contributed by atoms with Crippen LogP contribution in [0.15, 0.2) is 24.3 Å². The van der Waals surface area contributed by atoms with Gasteiger partial charge in [0.15, 0.2) is 0 Å². The fraction of sp³-hybridized carbons (Fsp3) is 0.611. The number of morpholine rings is 1. The molecule has 1 atom stereocenters. The van der Waals surface area contributed by atoms with Crippen LogP contribution in [-0.4, -0.2) is 73.4 Å². The van der Waals surface area contributed by atoms with E-state index in [1.165, 1.54) is 11.1 Å². The lowest BCUT2D eigenvalue weighted by Gasteiger charge is -2.34. The van der Waals surface area contributed by atoms with Crippen LogP contribution in [0.5, 0.6) is 0 Å². The number of carboxylic acid groups (broad SMARTS) is 1. The second-order valence-electron chi connectivity index (χ2n) is 6.30. The number of hydrogen-bond acceptors (Lipinski definition) is 4. The molecule has 0 bridgehead atoms. The summed E-state index contributed by atoms with van der Waals surface area (Å²) < 4.78 is 5.77. The highest BCUT2D eigenvalue weighted by Crippen LogP contribution is 2.10. The first-order valence-electron chi connectivity index (χ1n) is 8.39. The van der Waals surface area contributed by atoms with Gasteiger partial charge >= 0.3 is 5.97 Å². The minimum absolute atomic E-state index is 0.0592. The summed E-state index contributed by atoms with van der Waals surface area (Å²) in [6, 6.07) is 8.85. The van der Waals surface area contributed by atoms with Crippen LogP contribution >= 0.6 is 0 Å². The summed E-state index contributed by atoms with van der Waals surface area (Å²) in [5, 5.41) is 8.82. The zero-order valence-corrected chi connectivity index (χ0v) is 14.2. The van der Waals surface area contributed by atoms with Gasteiger partial charge in [-0.15, -0.1) is 0 Å². The molecule has 1 fully saturated rings. The molecule has 1 aliphatic rings. The Labute approximate surface area is 138 Å². The monoisotopic (exact) mass is 320 g/mol. The number of hydrogen-bond donors (Lipinski definition) is 1. The van der Waals surface area contributed by atoms with Gasteiger partial charge in [0.2, 0.25) is 0 Å². The molecule has 0 amide bonds. The van der Waals surface area contributed by atoms with Crippen LogP contribution in [-0.2, 0) is 22.4 Å². The molecular weight excluding hydrogens is 292 g/mol. The topological polar surface area (TPSA) is 53.0 Å². The van der Waals surface area contributed by atoms with Gasteiger partial charge in [0.25, 0.3) is 0 Å². The van der Waals surface area contributed by atoms with Gasteiger partial charge in [0, 0.05) is 26.2 Å². The lowest BCUT2D eigenvalue weighted by Crippen LogP contribution is -2.48. The van der Waals surface area contributed by atoms with Gasteiger partial charge in [-0.05, 0) is 31.0 Å². The van der Waals surface area contributed by atoms with E-state index >= 15 is 0 Å². The highest BCUT2D eigenvalue weighted by molar-refractivity contribution is 5.69. The van der Waals surface area contributed by atoms with Gasteiger partial charge in [-0.2, -0.15) is 0 Å². The number of benzene rings is 1. The highest BCUT2D eigenvalue weighted by Gasteiger charge is 2.22. The van der Waals surface area contributed by atoms with Gasteiger partial charge in [-0.3, -0.25) is 14.6 Å². The summed E-state index contributed by atoms with van der Waals surface area (Å²) in [6.07, 6.45) is 2.22. The van der Waals surface area contributed by atoms with Crippen LogP contribution in [0.3, 0.4) is 0 Å². The number of carbonyl (C=O) groups is 1. The lowest BCUT2D eigenvalue weighted by atomic mass is 10.1. The van der Waals surface area contributed by atoms with Crippen LogP contribution in [0.2, 0.25) is 0 Å². The third kappa shape index (κ3) is 6.29. The van der Waals surface area contributed by atoms with E-state index in [0.29, 0.717) is 6.54 Å². The van der Waals surface area contributed by atoms with E-state index in [1.807, 2.05) is 7.05 Å². The van der Waals surface area contributed by atoms with Crippen molar-refractivity contribution in [2.45, 2.75) is 25.9 Å². The molecule has 1 heterocycles. The highest BCUT2D eigenvalue weighted by atomic mass is 16.5. The number of likely N-dealkylation sites (N-methyl/N-ethyl adjacent to an activating group) is 1. The van der Waals surface area contributed by atoms with Crippen LogP contribution in [0.4, 0.5) is 0 Å². The molecule has 1 aromatic rings. The molecule has 1 aromatic carbocycles. The quantitative estimate of drug-likeness (QED) is 0.787. The smallest absolute Gasteiger partial charge is 0.317 e. The van der Waals surface area contributed by atoms with Gasteiger partial charge in [0.05, 0.1) is 19.3 Å². The average Bonchev–Trinajstić information content (AvgIpc) is 2.53. The van der Waals surface area contributed by atoms with E-state index in [2.05, 4.69) is 36.1 Å². The van der Waals surface area contributed by atoms with E-state index in [-0.39, 0.29) is 12.6 Å². The van der Waals surface area contributed by atoms with E-state index in [9.17, 15) is 4.79 Å². The first kappa shape index (κ1) is 17.9. The Hall–Kier alpha value is -1.43. The van der Waals surface area contributed by atoms with Crippen molar-refractivity contribution >= 4 is 5.97 Å². The number of ether oxygens (including phenoxy) is 1. The molecule has 5 nitrogen and oxygen atoms in total. The summed E-state index contributed by atoms with van der Waals surface area (Å²) in [7, 11) is 1.83. The number of aliphatic carboxylic acids is 1. The van der Waals surface area contributed by atoms with Crippen molar-refractivity contribution in [3.63, 3.8) is 0 Å². The fourth-order valence-corrected chi connectivity index (χ4v) is 2.97. The van der Waals surface area contributed by atoms with E-state index in [4.69, 9.17) is 9.84 Å². The second-order valence-corrected chi connectivity index (χ2v) is 6.30. The molecule has 23 heavy (non-hydrogen) atoms. The predicted molar refractivity (Wildman–Crippen MR) is 90.8 cm³/mol. The molecule has 5 heteroatoms. The predicted octanol–water partition coefficient (Wildman–Crippen LogP) is 1.51. The molecule has 1 N–H and O–H groups in total. The fourth-order valence-electron chi connectivity index (χ4n) is 2.97. The number of rotatable bonds is 8. The summed E-state index contributed by atoms with van der Waals surface area (Å²) in [5.41, 5.74) is 2.75. The van der Waals surface area contributed by atoms with E-state index < -0.39 is 5.97 Å². The first-order chi connectivity index (χ1) is 11.1. The molecule has 0 spiro atoms. The molecule has 1 saturated heterocycles. The Balaban J connectivity index is 1.75. The van der Waals surface area contributed by atoms with Crippen LogP contribution in [0, 0.1) is 0 Å². The second kappa shape index (κ2) is 9.01. The van der Waals surface area contributed by atoms with Crippen molar-refractivity contribution in [1.29, 1.82) is 0 Å². The maximum absolute atomic E-state index is 10.7. The summed E-state index contributed by atoms with van der Waals surface area (Å²) in [5.74, 6) is -0.796. The minimum Gasteiger partial charge on any atom is -0.480 e. The van der Waals surface area contributed by atoms with Crippen molar-refractivity contribution < 1.29 is 14.6 Å². The van der Waals surface area contributed by atoms with Gasteiger partial charge in [-0.1, -0.05) is 31.2 Å².